The average Bonchev–Trinajstić information content (AvgIpc) is 2.03. The maximum atomic E-state index is 11.7. The first-order valence-corrected chi connectivity index (χ1v) is 4.36. The van der Waals surface area contributed by atoms with Crippen molar-refractivity contribution in [2.24, 2.45) is 0 Å². The van der Waals surface area contributed by atoms with Gasteiger partial charge in [-0.1, -0.05) is 12.1 Å². The Morgan fingerprint density at radius 3 is 2.73 bits per heavy atom. The summed E-state index contributed by atoms with van der Waals surface area (Å²) in [5.74, 6) is 0.755. The van der Waals surface area contributed by atoms with Gasteiger partial charge in [-0.2, -0.15) is 0 Å². The van der Waals surface area contributed by atoms with Gasteiger partial charge in [0.2, 0.25) is 0 Å². The molecule has 0 fully saturated rings. The molecule has 0 aliphatic heterocycles. The minimum absolute atomic E-state index is 0.139. The maximum absolute atomic E-state index is 11.7. The molecule has 0 unspecified atom stereocenters. The zero-order valence-electron chi connectivity index (χ0n) is 5.89. The van der Waals surface area contributed by atoms with Crippen molar-refractivity contribution in [2.45, 2.75) is 0 Å². The second kappa shape index (κ2) is 4.54. The van der Waals surface area contributed by atoms with E-state index in [4.69, 9.17) is 4.74 Å². The first-order chi connectivity index (χ1) is 5.34. The normalized spacial score (nSPS) is 9.64. The molecule has 0 heterocycles. The molecule has 0 N–H and O–H groups in total. The molecule has 1 aromatic rings. The number of ether oxygens (including phenoxy) is 1. The largest absolute Gasteiger partial charge is 0.490 e. The van der Waals surface area contributed by atoms with E-state index >= 15 is 0 Å². The van der Waals surface area contributed by atoms with Crippen molar-refractivity contribution >= 4 is 22.6 Å². The predicted octanol–water partition coefficient (Wildman–Crippen LogP) is 2.64. The number of para-hydroxylation sites is 1. The monoisotopic (exact) mass is 266 g/mol. The van der Waals surface area contributed by atoms with Crippen molar-refractivity contribution in [3.05, 3.63) is 27.8 Å². The summed E-state index contributed by atoms with van der Waals surface area (Å²) in [6.45, 7) is -0.301. The van der Waals surface area contributed by atoms with Crippen LogP contribution in [0.5, 0.6) is 5.75 Å². The quantitative estimate of drug-likeness (QED) is 0.764. The summed E-state index contributed by atoms with van der Waals surface area (Å²) in [7, 11) is 0. The second-order valence-corrected chi connectivity index (χ2v) is 3.13. The van der Waals surface area contributed by atoms with Gasteiger partial charge in [0.25, 0.3) is 0 Å². The minimum Gasteiger partial charge on any atom is -0.490 e. The van der Waals surface area contributed by atoms with E-state index < -0.39 is 6.67 Å². The minimum atomic E-state index is -0.440. The Balaban J connectivity index is 2.62. The molecule has 0 aliphatic rings. The fourth-order valence-corrected chi connectivity index (χ4v) is 1.25. The van der Waals surface area contributed by atoms with Crippen molar-refractivity contribution in [3.8, 4) is 5.75 Å². The number of alkyl halides is 1. The summed E-state index contributed by atoms with van der Waals surface area (Å²) in [5.41, 5.74) is 0. The van der Waals surface area contributed by atoms with Crippen LogP contribution >= 0.6 is 22.6 Å². The topological polar surface area (TPSA) is 9.23 Å². The maximum Gasteiger partial charge on any atom is 0.132 e. The molecule has 0 saturated heterocycles. The van der Waals surface area contributed by atoms with E-state index in [9.17, 15) is 4.39 Å². The lowest BCUT2D eigenvalue weighted by Gasteiger charge is -2.04. The number of rotatable bonds is 3. The van der Waals surface area contributed by atoms with E-state index in [1.165, 1.54) is 0 Å². The molecule has 0 bridgehead atoms. The second-order valence-electron chi connectivity index (χ2n) is 1.97. The molecule has 0 spiro atoms. The number of halogens is 2. The summed E-state index contributed by atoms with van der Waals surface area (Å²) >= 11 is 2.15. The first-order valence-electron chi connectivity index (χ1n) is 3.28. The van der Waals surface area contributed by atoms with Crippen LogP contribution in [-0.2, 0) is 0 Å². The Kier molecular flexibility index (Phi) is 3.62. The Hall–Kier alpha value is -0.320. The summed E-state index contributed by atoms with van der Waals surface area (Å²) in [4.78, 5) is 0. The summed E-state index contributed by atoms with van der Waals surface area (Å²) < 4.78 is 17.8. The molecule has 0 atom stereocenters. The SMILES string of the molecule is FCCOc1ccccc1I. The zero-order valence-corrected chi connectivity index (χ0v) is 8.05. The van der Waals surface area contributed by atoms with Crippen LogP contribution in [0.3, 0.4) is 0 Å². The molecule has 1 aromatic carbocycles. The molecule has 0 aromatic heterocycles. The highest BCUT2D eigenvalue weighted by atomic mass is 127. The molecule has 0 saturated carbocycles. The van der Waals surface area contributed by atoms with Crippen LogP contribution in [0.1, 0.15) is 0 Å². The summed E-state index contributed by atoms with van der Waals surface area (Å²) in [6, 6.07) is 7.55. The molecule has 0 aliphatic carbocycles. The molecule has 1 rings (SSSR count). The van der Waals surface area contributed by atoms with E-state index in [0.29, 0.717) is 0 Å². The van der Waals surface area contributed by atoms with Gasteiger partial charge in [-0.05, 0) is 34.7 Å². The van der Waals surface area contributed by atoms with E-state index in [0.717, 1.165) is 9.32 Å². The van der Waals surface area contributed by atoms with E-state index in [1.54, 1.807) is 0 Å². The van der Waals surface area contributed by atoms with Crippen molar-refractivity contribution in [3.63, 3.8) is 0 Å². The highest BCUT2D eigenvalue weighted by Gasteiger charge is 1.96. The van der Waals surface area contributed by atoms with Crippen molar-refractivity contribution in [2.75, 3.05) is 13.3 Å². The number of benzene rings is 1. The third kappa shape index (κ3) is 2.65. The Labute approximate surface area is 78.7 Å². The van der Waals surface area contributed by atoms with Crippen LogP contribution in [0, 0.1) is 3.57 Å². The molecular formula is C8H8FIO. The summed E-state index contributed by atoms with van der Waals surface area (Å²) in [6.07, 6.45) is 0. The van der Waals surface area contributed by atoms with Crippen LogP contribution in [0.25, 0.3) is 0 Å². The van der Waals surface area contributed by atoms with E-state index in [2.05, 4.69) is 22.6 Å². The fourth-order valence-electron chi connectivity index (χ4n) is 0.710. The molecule has 60 valence electrons. The van der Waals surface area contributed by atoms with Gasteiger partial charge >= 0.3 is 0 Å². The third-order valence-corrected chi connectivity index (χ3v) is 2.06. The van der Waals surface area contributed by atoms with Crippen LogP contribution in [0.15, 0.2) is 24.3 Å². The lowest BCUT2D eigenvalue weighted by molar-refractivity contribution is 0.271. The standard InChI is InChI=1S/C8H8FIO/c9-5-6-11-8-4-2-1-3-7(8)10/h1-4H,5-6H2. The first kappa shape index (κ1) is 8.77. The highest BCUT2D eigenvalue weighted by Crippen LogP contribution is 2.19. The van der Waals surface area contributed by atoms with Gasteiger partial charge in [0.05, 0.1) is 3.57 Å². The summed E-state index contributed by atoms with van der Waals surface area (Å²) in [5, 5.41) is 0. The Morgan fingerprint density at radius 2 is 2.09 bits per heavy atom. The molecule has 1 nitrogen and oxygen atoms in total. The van der Waals surface area contributed by atoms with Crippen LogP contribution < -0.4 is 4.74 Å². The van der Waals surface area contributed by atoms with Crippen LogP contribution in [0.2, 0.25) is 0 Å². The number of hydrogen-bond acceptors (Lipinski definition) is 1. The van der Waals surface area contributed by atoms with Gasteiger partial charge < -0.3 is 4.74 Å². The van der Waals surface area contributed by atoms with Gasteiger partial charge in [0.1, 0.15) is 19.0 Å². The molecular weight excluding hydrogens is 258 g/mol. The molecule has 11 heavy (non-hydrogen) atoms. The van der Waals surface area contributed by atoms with E-state index in [1.807, 2.05) is 24.3 Å². The van der Waals surface area contributed by atoms with Crippen molar-refractivity contribution in [1.29, 1.82) is 0 Å². The average molecular weight is 266 g/mol. The smallest absolute Gasteiger partial charge is 0.132 e. The molecule has 0 amide bonds. The van der Waals surface area contributed by atoms with Gasteiger partial charge in [0, 0.05) is 0 Å². The van der Waals surface area contributed by atoms with Crippen LogP contribution in [-0.4, -0.2) is 13.3 Å². The Bertz CT molecular complexity index is 227. The fraction of sp³-hybridized carbons (Fsp3) is 0.250. The van der Waals surface area contributed by atoms with Crippen molar-refractivity contribution in [1.82, 2.24) is 0 Å². The van der Waals surface area contributed by atoms with Crippen LogP contribution in [0.4, 0.5) is 4.39 Å². The van der Waals surface area contributed by atoms with Gasteiger partial charge in [-0.15, -0.1) is 0 Å². The van der Waals surface area contributed by atoms with Crippen molar-refractivity contribution < 1.29 is 9.13 Å². The third-order valence-electron chi connectivity index (χ3n) is 1.17. The predicted molar refractivity (Wildman–Crippen MR) is 50.6 cm³/mol. The molecule has 3 heteroatoms. The van der Waals surface area contributed by atoms with Gasteiger partial charge in [-0.25, -0.2) is 4.39 Å². The zero-order chi connectivity index (χ0) is 8.10. The lowest BCUT2D eigenvalue weighted by atomic mass is 10.3. The van der Waals surface area contributed by atoms with Gasteiger partial charge in [-0.3, -0.25) is 0 Å². The lowest BCUT2D eigenvalue weighted by Crippen LogP contribution is -1.99. The Morgan fingerprint density at radius 1 is 1.36 bits per heavy atom. The van der Waals surface area contributed by atoms with E-state index in [-0.39, 0.29) is 6.61 Å². The van der Waals surface area contributed by atoms with Gasteiger partial charge in [0.15, 0.2) is 0 Å². The molecule has 0 radical (unpaired) electrons. The highest BCUT2D eigenvalue weighted by molar-refractivity contribution is 14.1. The number of hydrogen-bond donors (Lipinski definition) is 0.